The number of hydrogen-bond acceptors (Lipinski definition) is 4. The molecule has 0 aliphatic carbocycles. The van der Waals surface area contributed by atoms with Crippen molar-refractivity contribution in [3.8, 4) is 11.1 Å². The van der Waals surface area contributed by atoms with Gasteiger partial charge in [-0.05, 0) is 24.6 Å². The molecule has 0 radical (unpaired) electrons. The Labute approximate surface area is 172 Å². The first-order valence-corrected chi connectivity index (χ1v) is 9.61. The van der Waals surface area contributed by atoms with Crippen LogP contribution in [0.25, 0.3) is 11.1 Å². The van der Waals surface area contributed by atoms with E-state index in [1.807, 2.05) is 0 Å². The van der Waals surface area contributed by atoms with E-state index in [1.54, 1.807) is 42.2 Å². The minimum Gasteiger partial charge on any atom is -0.465 e. The van der Waals surface area contributed by atoms with E-state index >= 15 is 0 Å². The fraction of sp³-hybridized carbons (Fsp3) is 0.450. The Balaban J connectivity index is 2.00. The summed E-state index contributed by atoms with van der Waals surface area (Å²) >= 11 is 0. The molecule has 8 nitrogen and oxygen atoms in total. The number of carbonyl (C=O) groups is 2. The normalized spacial score (nSPS) is 16.1. The van der Waals surface area contributed by atoms with Gasteiger partial charge in [0.15, 0.2) is 0 Å². The maximum atomic E-state index is 12.9. The Morgan fingerprint density at radius 3 is 2.60 bits per heavy atom. The summed E-state index contributed by atoms with van der Waals surface area (Å²) in [5, 5.41) is 22.9. The number of alkyl halides is 2. The standard InChI is InChI=1S/C20H24F2N4O4/c1-13-11-25(20(29)30)18-7-15(16-10-23-24(12-16)4-5-27)2-3-17(18)26(13)19(28)6-14(8-21)9-22/h2-3,7,10,12-14,27H,4-6,8-9,11H2,1H3,(H,29,30)/t13-/m0/s1. The number of nitrogens with zero attached hydrogens (tertiary/aromatic N) is 4. The van der Waals surface area contributed by atoms with Crippen molar-refractivity contribution in [3.05, 3.63) is 30.6 Å². The van der Waals surface area contributed by atoms with Crippen molar-refractivity contribution in [3.63, 3.8) is 0 Å². The van der Waals surface area contributed by atoms with Gasteiger partial charge in [-0.3, -0.25) is 23.2 Å². The third kappa shape index (κ3) is 4.28. The van der Waals surface area contributed by atoms with Gasteiger partial charge in [0, 0.05) is 30.6 Å². The zero-order valence-electron chi connectivity index (χ0n) is 16.5. The van der Waals surface area contributed by atoms with Gasteiger partial charge in [0.25, 0.3) is 0 Å². The SMILES string of the molecule is C[C@H]1CN(C(=O)O)c2cc(-c3cnn(CCO)c3)ccc2N1C(=O)CC(CF)CF. The Hall–Kier alpha value is -3.01. The molecule has 2 aromatic rings. The van der Waals surface area contributed by atoms with Crippen molar-refractivity contribution in [2.45, 2.75) is 25.9 Å². The molecule has 2 amide bonds. The van der Waals surface area contributed by atoms with E-state index in [0.29, 0.717) is 23.5 Å². The summed E-state index contributed by atoms with van der Waals surface area (Å²) in [6, 6.07) is 4.54. The zero-order valence-corrected chi connectivity index (χ0v) is 16.5. The molecule has 1 aromatic heterocycles. The Morgan fingerprint density at radius 1 is 1.23 bits per heavy atom. The molecule has 0 saturated carbocycles. The molecule has 2 heterocycles. The lowest BCUT2D eigenvalue weighted by Crippen LogP contribution is -2.52. The van der Waals surface area contributed by atoms with E-state index in [9.17, 15) is 23.5 Å². The van der Waals surface area contributed by atoms with E-state index in [-0.39, 0.29) is 19.6 Å². The number of amides is 2. The molecule has 0 unspecified atom stereocenters. The lowest BCUT2D eigenvalue weighted by Gasteiger charge is -2.40. The van der Waals surface area contributed by atoms with Crippen LogP contribution in [0.3, 0.4) is 0 Å². The van der Waals surface area contributed by atoms with E-state index in [4.69, 9.17) is 5.11 Å². The molecule has 1 atom stereocenters. The minimum atomic E-state index is -1.16. The molecular weight excluding hydrogens is 398 g/mol. The summed E-state index contributed by atoms with van der Waals surface area (Å²) in [4.78, 5) is 27.2. The number of aliphatic hydroxyl groups excluding tert-OH is 1. The molecule has 0 saturated heterocycles. The molecule has 162 valence electrons. The number of aliphatic hydroxyl groups is 1. The Bertz CT molecular complexity index is 916. The third-order valence-electron chi connectivity index (χ3n) is 5.11. The van der Waals surface area contributed by atoms with Crippen molar-refractivity contribution in [2.75, 3.05) is 36.3 Å². The first-order valence-electron chi connectivity index (χ1n) is 9.61. The number of halogens is 2. The second-order valence-electron chi connectivity index (χ2n) is 7.30. The van der Waals surface area contributed by atoms with Gasteiger partial charge in [0.1, 0.15) is 0 Å². The van der Waals surface area contributed by atoms with Crippen molar-refractivity contribution >= 4 is 23.4 Å². The molecule has 0 spiro atoms. The van der Waals surface area contributed by atoms with E-state index in [0.717, 1.165) is 10.5 Å². The van der Waals surface area contributed by atoms with Gasteiger partial charge in [0.2, 0.25) is 5.91 Å². The highest BCUT2D eigenvalue weighted by molar-refractivity contribution is 6.03. The number of carboxylic acid groups (broad SMARTS) is 1. The highest BCUT2D eigenvalue weighted by Crippen LogP contribution is 2.39. The van der Waals surface area contributed by atoms with E-state index < -0.39 is 37.3 Å². The molecule has 1 aliphatic heterocycles. The molecular formula is C20H24F2N4O4. The van der Waals surface area contributed by atoms with Gasteiger partial charge < -0.3 is 15.1 Å². The van der Waals surface area contributed by atoms with Gasteiger partial charge >= 0.3 is 6.09 Å². The van der Waals surface area contributed by atoms with Crippen molar-refractivity contribution in [2.24, 2.45) is 5.92 Å². The predicted octanol–water partition coefficient (Wildman–Crippen LogP) is 2.71. The smallest absolute Gasteiger partial charge is 0.411 e. The number of rotatable bonds is 7. The molecule has 1 aliphatic rings. The number of aromatic nitrogens is 2. The topological polar surface area (TPSA) is 98.9 Å². The number of fused-ring (bicyclic) bond motifs is 1. The number of anilines is 2. The number of benzene rings is 1. The van der Waals surface area contributed by atoms with Crippen LogP contribution >= 0.6 is 0 Å². The highest BCUT2D eigenvalue weighted by Gasteiger charge is 2.35. The van der Waals surface area contributed by atoms with E-state index in [2.05, 4.69) is 5.10 Å². The highest BCUT2D eigenvalue weighted by atomic mass is 19.1. The van der Waals surface area contributed by atoms with Crippen molar-refractivity contribution in [1.29, 1.82) is 0 Å². The number of hydrogen-bond donors (Lipinski definition) is 2. The molecule has 2 N–H and O–H groups in total. The molecule has 30 heavy (non-hydrogen) atoms. The Morgan fingerprint density at radius 2 is 1.97 bits per heavy atom. The van der Waals surface area contributed by atoms with Crippen LogP contribution in [0.4, 0.5) is 25.0 Å². The summed E-state index contributed by atoms with van der Waals surface area (Å²) in [5.41, 5.74) is 2.11. The van der Waals surface area contributed by atoms with Crippen LogP contribution in [0, 0.1) is 5.92 Å². The van der Waals surface area contributed by atoms with Crippen LogP contribution in [-0.2, 0) is 11.3 Å². The first kappa shape index (κ1) is 21.7. The van der Waals surface area contributed by atoms with Crippen LogP contribution < -0.4 is 9.80 Å². The molecule has 10 heteroatoms. The van der Waals surface area contributed by atoms with Crippen LogP contribution in [0.1, 0.15) is 13.3 Å². The maximum absolute atomic E-state index is 12.9. The second-order valence-corrected chi connectivity index (χ2v) is 7.30. The largest absolute Gasteiger partial charge is 0.465 e. The second kappa shape index (κ2) is 9.21. The van der Waals surface area contributed by atoms with Crippen LogP contribution in [0.5, 0.6) is 0 Å². The monoisotopic (exact) mass is 422 g/mol. The molecule has 0 bridgehead atoms. The number of carbonyl (C=O) groups excluding carboxylic acids is 1. The quantitative estimate of drug-likeness (QED) is 0.715. The van der Waals surface area contributed by atoms with Gasteiger partial charge in [-0.25, -0.2) is 4.79 Å². The van der Waals surface area contributed by atoms with Gasteiger partial charge in [-0.2, -0.15) is 5.10 Å². The molecule has 1 aromatic carbocycles. The zero-order chi connectivity index (χ0) is 21.8. The molecule has 0 fully saturated rings. The fourth-order valence-electron chi connectivity index (χ4n) is 3.60. The maximum Gasteiger partial charge on any atom is 0.411 e. The van der Waals surface area contributed by atoms with Crippen LogP contribution in [0.2, 0.25) is 0 Å². The predicted molar refractivity (Wildman–Crippen MR) is 107 cm³/mol. The summed E-state index contributed by atoms with van der Waals surface area (Å²) in [7, 11) is 0. The summed E-state index contributed by atoms with van der Waals surface area (Å²) < 4.78 is 27.4. The fourth-order valence-corrected chi connectivity index (χ4v) is 3.60. The van der Waals surface area contributed by atoms with Crippen LogP contribution in [0.15, 0.2) is 30.6 Å². The van der Waals surface area contributed by atoms with Gasteiger partial charge in [-0.15, -0.1) is 0 Å². The van der Waals surface area contributed by atoms with Crippen LogP contribution in [-0.4, -0.2) is 64.5 Å². The van der Waals surface area contributed by atoms with Gasteiger partial charge in [0.05, 0.1) is 50.1 Å². The lowest BCUT2D eigenvalue weighted by atomic mass is 10.0. The average molecular weight is 422 g/mol. The average Bonchev–Trinajstić information content (AvgIpc) is 3.19. The van der Waals surface area contributed by atoms with Crippen molar-refractivity contribution in [1.82, 2.24) is 9.78 Å². The minimum absolute atomic E-state index is 0.0389. The third-order valence-corrected chi connectivity index (χ3v) is 5.11. The van der Waals surface area contributed by atoms with Gasteiger partial charge in [-0.1, -0.05) is 6.07 Å². The molecule has 3 rings (SSSR count). The van der Waals surface area contributed by atoms with Crippen molar-refractivity contribution < 1.29 is 28.6 Å². The lowest BCUT2D eigenvalue weighted by molar-refractivity contribution is -0.120. The van der Waals surface area contributed by atoms with E-state index in [1.165, 1.54) is 4.90 Å². The first-order chi connectivity index (χ1) is 14.4. The Kier molecular flexibility index (Phi) is 6.66. The summed E-state index contributed by atoms with van der Waals surface area (Å²) in [6.45, 7) is 0.132. The summed E-state index contributed by atoms with van der Waals surface area (Å²) in [5.74, 6) is -1.46. The summed E-state index contributed by atoms with van der Waals surface area (Å²) in [6.07, 6.45) is 1.88.